The minimum Gasteiger partial charge on any atom is -0.355 e. The largest absolute Gasteiger partial charge is 0.355 e. The van der Waals surface area contributed by atoms with Crippen molar-refractivity contribution in [3.8, 4) is 6.07 Å². The topological polar surface area (TPSA) is 65.9 Å². The smallest absolute Gasteiger partial charge is 0.146 e. The van der Waals surface area contributed by atoms with Crippen molar-refractivity contribution in [2.45, 2.75) is 32.1 Å². The van der Waals surface area contributed by atoms with E-state index in [-0.39, 0.29) is 0 Å². The molecule has 0 saturated carbocycles. The number of piperidine rings is 1. The second kappa shape index (κ2) is 5.18. The van der Waals surface area contributed by atoms with Crippen LogP contribution in [0.1, 0.15) is 36.1 Å². The summed E-state index contributed by atoms with van der Waals surface area (Å²) in [4.78, 5) is 7.04. The summed E-state index contributed by atoms with van der Waals surface area (Å²) in [6.45, 7) is 2.72. The lowest BCUT2D eigenvalue weighted by Crippen LogP contribution is -2.37. The van der Waals surface area contributed by atoms with E-state index in [0.717, 1.165) is 56.7 Å². The summed E-state index contributed by atoms with van der Waals surface area (Å²) in [5, 5.41) is 9.34. The average molecular weight is 256 g/mol. The minimum absolute atomic E-state index is 0.635. The highest BCUT2D eigenvalue weighted by atomic mass is 15.2. The molecule has 0 aromatic carbocycles. The van der Waals surface area contributed by atoms with E-state index in [9.17, 15) is 5.26 Å². The van der Waals surface area contributed by atoms with Gasteiger partial charge in [0.2, 0.25) is 0 Å². The Bertz CT molecular complexity index is 510. The van der Waals surface area contributed by atoms with Crippen molar-refractivity contribution in [2.75, 3.05) is 24.5 Å². The van der Waals surface area contributed by atoms with E-state index in [2.05, 4.69) is 17.0 Å². The molecule has 1 aromatic rings. The van der Waals surface area contributed by atoms with Crippen molar-refractivity contribution >= 4 is 5.82 Å². The van der Waals surface area contributed by atoms with Crippen LogP contribution in [0.25, 0.3) is 0 Å². The van der Waals surface area contributed by atoms with Crippen molar-refractivity contribution in [3.05, 3.63) is 22.9 Å². The van der Waals surface area contributed by atoms with Crippen LogP contribution in [-0.4, -0.2) is 24.6 Å². The number of rotatable bonds is 2. The van der Waals surface area contributed by atoms with Gasteiger partial charge in [-0.3, -0.25) is 0 Å². The van der Waals surface area contributed by atoms with Crippen LogP contribution in [-0.2, 0) is 12.8 Å². The van der Waals surface area contributed by atoms with Gasteiger partial charge in [0.05, 0.1) is 5.56 Å². The number of nitrogens with zero attached hydrogens (tertiary/aromatic N) is 3. The second-order valence-corrected chi connectivity index (χ2v) is 5.60. The Kier molecular flexibility index (Phi) is 3.39. The monoisotopic (exact) mass is 256 g/mol. The van der Waals surface area contributed by atoms with Gasteiger partial charge in [0.15, 0.2) is 0 Å². The third kappa shape index (κ3) is 2.31. The fourth-order valence-corrected chi connectivity index (χ4v) is 3.16. The minimum atomic E-state index is 0.635. The molecule has 19 heavy (non-hydrogen) atoms. The molecular weight excluding hydrogens is 236 g/mol. The zero-order valence-electron chi connectivity index (χ0n) is 11.2. The number of aromatic nitrogens is 1. The molecular formula is C15H20N4. The summed E-state index contributed by atoms with van der Waals surface area (Å²) in [5.74, 6) is 1.54. The quantitative estimate of drug-likeness (QED) is 0.873. The number of pyridine rings is 1. The summed E-state index contributed by atoms with van der Waals surface area (Å²) in [5.41, 5.74) is 8.95. The molecule has 1 aliphatic heterocycles. The van der Waals surface area contributed by atoms with Gasteiger partial charge in [-0.05, 0) is 56.2 Å². The molecule has 0 radical (unpaired) electrons. The van der Waals surface area contributed by atoms with E-state index in [1.807, 2.05) is 0 Å². The molecule has 2 heterocycles. The van der Waals surface area contributed by atoms with E-state index < -0.39 is 0 Å². The van der Waals surface area contributed by atoms with Crippen LogP contribution in [0.15, 0.2) is 6.07 Å². The van der Waals surface area contributed by atoms with Gasteiger partial charge in [-0.2, -0.15) is 5.26 Å². The summed E-state index contributed by atoms with van der Waals surface area (Å²) >= 11 is 0. The fourth-order valence-electron chi connectivity index (χ4n) is 3.16. The first-order chi connectivity index (χ1) is 9.31. The van der Waals surface area contributed by atoms with Gasteiger partial charge in [-0.25, -0.2) is 4.98 Å². The van der Waals surface area contributed by atoms with Gasteiger partial charge in [0, 0.05) is 18.8 Å². The predicted octanol–water partition coefficient (Wildman–Crippen LogP) is 1.62. The molecule has 3 rings (SSSR count). The summed E-state index contributed by atoms with van der Waals surface area (Å²) < 4.78 is 0. The Balaban J connectivity index is 1.86. The Morgan fingerprint density at radius 1 is 1.37 bits per heavy atom. The summed E-state index contributed by atoms with van der Waals surface area (Å²) in [6, 6.07) is 4.37. The highest BCUT2D eigenvalue weighted by molar-refractivity contribution is 5.57. The molecule has 0 amide bonds. The highest BCUT2D eigenvalue weighted by Crippen LogP contribution is 2.29. The Morgan fingerprint density at radius 2 is 2.16 bits per heavy atom. The number of nitriles is 1. The molecule has 1 saturated heterocycles. The first-order valence-corrected chi connectivity index (χ1v) is 7.19. The number of aryl methyl sites for hydroxylation is 2. The van der Waals surface area contributed by atoms with E-state index in [4.69, 9.17) is 10.7 Å². The molecule has 1 fully saturated rings. The Hall–Kier alpha value is -1.60. The van der Waals surface area contributed by atoms with Gasteiger partial charge in [-0.1, -0.05) is 0 Å². The second-order valence-electron chi connectivity index (χ2n) is 5.60. The fraction of sp³-hybridized carbons (Fsp3) is 0.600. The van der Waals surface area contributed by atoms with Crippen LogP contribution in [0.3, 0.4) is 0 Å². The maximum atomic E-state index is 9.34. The average Bonchev–Trinajstić information content (AvgIpc) is 2.93. The van der Waals surface area contributed by atoms with Gasteiger partial charge in [0.1, 0.15) is 11.9 Å². The molecule has 1 aromatic heterocycles. The number of hydrogen-bond acceptors (Lipinski definition) is 4. The summed E-state index contributed by atoms with van der Waals surface area (Å²) in [6.07, 6.45) is 5.53. The maximum absolute atomic E-state index is 9.34. The Morgan fingerprint density at radius 3 is 2.84 bits per heavy atom. The lowest BCUT2D eigenvalue weighted by Gasteiger charge is -2.33. The van der Waals surface area contributed by atoms with Crippen LogP contribution < -0.4 is 10.6 Å². The molecule has 4 heteroatoms. The van der Waals surface area contributed by atoms with Crippen LogP contribution in [0.5, 0.6) is 0 Å². The third-order valence-electron chi connectivity index (χ3n) is 4.40. The number of nitrogens with two attached hydrogens (primary N) is 1. The van der Waals surface area contributed by atoms with E-state index in [1.54, 1.807) is 0 Å². The predicted molar refractivity (Wildman–Crippen MR) is 75.0 cm³/mol. The lowest BCUT2D eigenvalue weighted by atomic mass is 9.97. The molecule has 2 N–H and O–H groups in total. The van der Waals surface area contributed by atoms with Gasteiger partial charge >= 0.3 is 0 Å². The van der Waals surface area contributed by atoms with E-state index in [0.29, 0.717) is 5.92 Å². The van der Waals surface area contributed by atoms with Crippen molar-refractivity contribution in [1.82, 2.24) is 4.98 Å². The third-order valence-corrected chi connectivity index (χ3v) is 4.40. The number of anilines is 1. The molecule has 0 bridgehead atoms. The van der Waals surface area contributed by atoms with Crippen LogP contribution in [0.4, 0.5) is 5.82 Å². The molecule has 0 unspecified atom stereocenters. The van der Waals surface area contributed by atoms with Crippen molar-refractivity contribution < 1.29 is 0 Å². The highest BCUT2D eigenvalue weighted by Gasteiger charge is 2.23. The van der Waals surface area contributed by atoms with Gasteiger partial charge in [0.25, 0.3) is 0 Å². The van der Waals surface area contributed by atoms with Crippen molar-refractivity contribution in [1.29, 1.82) is 5.26 Å². The van der Waals surface area contributed by atoms with E-state index >= 15 is 0 Å². The van der Waals surface area contributed by atoms with Crippen LogP contribution in [0.2, 0.25) is 0 Å². The first-order valence-electron chi connectivity index (χ1n) is 7.19. The first kappa shape index (κ1) is 12.4. The SMILES string of the molecule is N#Cc1cc2c(nc1N1CCC(CN)CC1)CCC2. The molecule has 100 valence electrons. The molecule has 0 spiro atoms. The maximum Gasteiger partial charge on any atom is 0.146 e. The van der Waals surface area contributed by atoms with E-state index in [1.165, 1.54) is 17.7 Å². The van der Waals surface area contributed by atoms with Crippen LogP contribution in [0, 0.1) is 17.2 Å². The normalized spacial score (nSPS) is 19.3. The Labute approximate surface area is 114 Å². The zero-order valence-corrected chi connectivity index (χ0v) is 11.2. The van der Waals surface area contributed by atoms with Crippen LogP contribution >= 0.6 is 0 Å². The van der Waals surface area contributed by atoms with Crippen molar-refractivity contribution in [3.63, 3.8) is 0 Å². The molecule has 1 aliphatic carbocycles. The van der Waals surface area contributed by atoms with Gasteiger partial charge in [-0.15, -0.1) is 0 Å². The molecule has 2 aliphatic rings. The lowest BCUT2D eigenvalue weighted by molar-refractivity contribution is 0.413. The molecule has 0 atom stereocenters. The van der Waals surface area contributed by atoms with Gasteiger partial charge < -0.3 is 10.6 Å². The number of fused-ring (bicyclic) bond motifs is 1. The zero-order chi connectivity index (χ0) is 13.2. The standard InChI is InChI=1S/C15H20N4/c16-9-11-4-6-19(7-5-11)15-13(10-17)8-12-2-1-3-14(12)18-15/h8,11H,1-7,9,16H2. The van der Waals surface area contributed by atoms with Crippen molar-refractivity contribution in [2.24, 2.45) is 11.7 Å². The summed E-state index contributed by atoms with van der Waals surface area (Å²) in [7, 11) is 0. The number of hydrogen-bond donors (Lipinski definition) is 1. The molecule has 4 nitrogen and oxygen atoms in total.